The molecule has 0 aliphatic heterocycles. The second-order valence-corrected chi connectivity index (χ2v) is 6.38. The lowest BCUT2D eigenvalue weighted by Crippen LogP contribution is -2.18. The smallest absolute Gasteiger partial charge is 0.176 e. The first-order valence-corrected chi connectivity index (χ1v) is 7.75. The van der Waals surface area contributed by atoms with Gasteiger partial charge in [0.05, 0.1) is 0 Å². The summed E-state index contributed by atoms with van der Waals surface area (Å²) in [5.41, 5.74) is 0.739. The number of benzene rings is 2. The van der Waals surface area contributed by atoms with Gasteiger partial charge in [-0.25, -0.2) is 26.3 Å². The number of nitrogens with zero attached hydrogens (tertiary/aromatic N) is 1. The van der Waals surface area contributed by atoms with Gasteiger partial charge in [0, 0.05) is 18.7 Å². The van der Waals surface area contributed by atoms with Crippen molar-refractivity contribution in [2.75, 3.05) is 0 Å². The molecule has 23 heavy (non-hydrogen) atoms. The summed E-state index contributed by atoms with van der Waals surface area (Å²) in [6.45, 7) is 0.284. The van der Waals surface area contributed by atoms with Gasteiger partial charge in [0.15, 0.2) is 23.3 Å². The Kier molecular flexibility index (Phi) is 4.59. The Bertz CT molecular complexity index is 689. The minimum absolute atomic E-state index is 0.0650. The first kappa shape index (κ1) is 16.3. The molecule has 0 heterocycles. The SMILES string of the molecule is Fc1ccc(CN(Sc2c(F)c(F)cc(F)c2F)C2CC2)cc1. The summed E-state index contributed by atoms with van der Waals surface area (Å²) < 4.78 is 68.8. The number of hydrogen-bond acceptors (Lipinski definition) is 2. The molecule has 7 heteroatoms. The van der Waals surface area contributed by atoms with E-state index in [9.17, 15) is 22.0 Å². The molecule has 0 radical (unpaired) electrons. The van der Waals surface area contributed by atoms with Gasteiger partial charge in [0.25, 0.3) is 0 Å². The lowest BCUT2D eigenvalue weighted by Gasteiger charge is -2.21. The van der Waals surface area contributed by atoms with Crippen LogP contribution in [-0.2, 0) is 6.54 Å². The van der Waals surface area contributed by atoms with Gasteiger partial charge in [-0.15, -0.1) is 0 Å². The highest BCUT2D eigenvalue weighted by Gasteiger charge is 2.32. The largest absolute Gasteiger partial charge is 0.239 e. The fraction of sp³-hybridized carbons (Fsp3) is 0.250. The van der Waals surface area contributed by atoms with Gasteiger partial charge in [-0.2, -0.15) is 0 Å². The first-order valence-electron chi connectivity index (χ1n) is 6.97. The van der Waals surface area contributed by atoms with Crippen LogP contribution in [0.25, 0.3) is 0 Å². The van der Waals surface area contributed by atoms with Crippen LogP contribution in [0.1, 0.15) is 18.4 Å². The van der Waals surface area contributed by atoms with Crippen LogP contribution in [0.5, 0.6) is 0 Å². The molecule has 2 aromatic rings. The summed E-state index contributed by atoms with van der Waals surface area (Å²) in [5.74, 6) is -6.05. The molecule has 0 amide bonds. The van der Waals surface area contributed by atoms with E-state index in [4.69, 9.17) is 0 Å². The van der Waals surface area contributed by atoms with Crippen molar-refractivity contribution in [2.24, 2.45) is 0 Å². The molecular formula is C16H12F5NS. The Morgan fingerprint density at radius 3 is 2.00 bits per heavy atom. The minimum Gasteiger partial charge on any atom is -0.239 e. The molecule has 0 bridgehead atoms. The van der Waals surface area contributed by atoms with Crippen LogP contribution >= 0.6 is 11.9 Å². The third kappa shape index (κ3) is 3.67. The molecule has 0 atom stereocenters. The summed E-state index contributed by atoms with van der Waals surface area (Å²) in [4.78, 5) is -0.698. The summed E-state index contributed by atoms with van der Waals surface area (Å²) in [6, 6.07) is 5.95. The summed E-state index contributed by atoms with van der Waals surface area (Å²) >= 11 is 0.650. The van der Waals surface area contributed by atoms with Crippen molar-refractivity contribution >= 4 is 11.9 Å². The lowest BCUT2D eigenvalue weighted by molar-refractivity contribution is 0.415. The average molecular weight is 345 g/mol. The van der Waals surface area contributed by atoms with E-state index in [1.54, 1.807) is 16.4 Å². The van der Waals surface area contributed by atoms with E-state index >= 15 is 0 Å². The van der Waals surface area contributed by atoms with Gasteiger partial charge >= 0.3 is 0 Å². The summed E-state index contributed by atoms with van der Waals surface area (Å²) in [5, 5.41) is 0. The molecule has 0 unspecified atom stereocenters. The molecule has 1 aliphatic carbocycles. The van der Waals surface area contributed by atoms with E-state index in [-0.39, 0.29) is 24.5 Å². The number of rotatable bonds is 5. The van der Waals surface area contributed by atoms with Crippen molar-refractivity contribution < 1.29 is 22.0 Å². The number of halogens is 5. The second-order valence-electron chi connectivity index (χ2n) is 5.32. The van der Waals surface area contributed by atoms with Crippen molar-refractivity contribution in [1.29, 1.82) is 0 Å². The van der Waals surface area contributed by atoms with Gasteiger partial charge in [-0.3, -0.25) is 0 Å². The Balaban J connectivity index is 1.85. The van der Waals surface area contributed by atoms with E-state index < -0.39 is 28.2 Å². The third-order valence-electron chi connectivity index (χ3n) is 3.49. The van der Waals surface area contributed by atoms with Crippen molar-refractivity contribution in [1.82, 2.24) is 4.31 Å². The summed E-state index contributed by atoms with van der Waals surface area (Å²) in [6.07, 6.45) is 1.66. The highest BCUT2D eigenvalue weighted by molar-refractivity contribution is 7.97. The number of hydrogen-bond donors (Lipinski definition) is 0. The van der Waals surface area contributed by atoms with Crippen molar-refractivity contribution in [3.63, 3.8) is 0 Å². The van der Waals surface area contributed by atoms with E-state index in [0.29, 0.717) is 11.9 Å². The van der Waals surface area contributed by atoms with E-state index in [0.717, 1.165) is 18.4 Å². The van der Waals surface area contributed by atoms with Crippen LogP contribution in [0.2, 0.25) is 0 Å². The fourth-order valence-electron chi connectivity index (χ4n) is 2.12. The monoisotopic (exact) mass is 345 g/mol. The Morgan fingerprint density at radius 1 is 0.913 bits per heavy atom. The van der Waals surface area contributed by atoms with E-state index in [1.165, 1.54) is 12.1 Å². The van der Waals surface area contributed by atoms with Gasteiger partial charge in [-0.1, -0.05) is 12.1 Å². The molecular weight excluding hydrogens is 333 g/mol. The Labute approximate surface area is 134 Å². The predicted octanol–water partition coefficient (Wildman–Crippen LogP) is 5.05. The van der Waals surface area contributed by atoms with Crippen LogP contribution in [-0.4, -0.2) is 10.3 Å². The molecule has 0 spiro atoms. The van der Waals surface area contributed by atoms with Crippen LogP contribution in [0.3, 0.4) is 0 Å². The van der Waals surface area contributed by atoms with Gasteiger partial charge in [-0.05, 0) is 42.5 Å². The Hall–Kier alpha value is -1.60. The van der Waals surface area contributed by atoms with Crippen molar-refractivity contribution in [2.45, 2.75) is 30.3 Å². The molecule has 1 nitrogen and oxygen atoms in total. The normalized spacial score (nSPS) is 14.5. The van der Waals surface area contributed by atoms with Crippen LogP contribution < -0.4 is 0 Å². The second kappa shape index (κ2) is 6.49. The van der Waals surface area contributed by atoms with Gasteiger partial charge in [0.2, 0.25) is 0 Å². The van der Waals surface area contributed by atoms with Gasteiger partial charge in [0.1, 0.15) is 10.7 Å². The summed E-state index contributed by atoms with van der Waals surface area (Å²) in [7, 11) is 0. The van der Waals surface area contributed by atoms with Gasteiger partial charge < -0.3 is 0 Å². The average Bonchev–Trinajstić information content (AvgIpc) is 3.35. The molecule has 1 fully saturated rings. The zero-order chi connectivity index (χ0) is 16.6. The Morgan fingerprint density at radius 2 is 1.48 bits per heavy atom. The highest BCUT2D eigenvalue weighted by atomic mass is 32.2. The maximum atomic E-state index is 13.8. The molecule has 122 valence electrons. The maximum Gasteiger partial charge on any atom is 0.176 e. The van der Waals surface area contributed by atoms with Crippen molar-refractivity contribution in [3.05, 3.63) is 65.0 Å². The highest BCUT2D eigenvalue weighted by Crippen LogP contribution is 2.39. The minimum atomic E-state index is -1.43. The predicted molar refractivity (Wildman–Crippen MR) is 77.1 cm³/mol. The molecule has 3 rings (SSSR count). The molecule has 1 aliphatic rings. The quantitative estimate of drug-likeness (QED) is 0.424. The zero-order valence-corrected chi connectivity index (χ0v) is 12.6. The fourth-order valence-corrected chi connectivity index (χ4v) is 3.28. The van der Waals surface area contributed by atoms with Crippen LogP contribution in [0, 0.1) is 29.1 Å². The molecule has 0 saturated heterocycles. The molecule has 1 saturated carbocycles. The standard InChI is InChI=1S/C16H12F5NS/c17-10-3-1-9(2-4-10)8-22(11-5-6-11)23-16-14(20)12(18)7-13(19)15(16)21/h1-4,7,11H,5-6,8H2. The lowest BCUT2D eigenvalue weighted by atomic mass is 10.2. The first-order chi connectivity index (χ1) is 11.0. The zero-order valence-electron chi connectivity index (χ0n) is 11.8. The van der Waals surface area contributed by atoms with E-state index in [2.05, 4.69) is 0 Å². The van der Waals surface area contributed by atoms with E-state index in [1.807, 2.05) is 0 Å². The van der Waals surface area contributed by atoms with Crippen LogP contribution in [0.15, 0.2) is 35.2 Å². The maximum absolute atomic E-state index is 13.8. The van der Waals surface area contributed by atoms with Crippen LogP contribution in [0.4, 0.5) is 22.0 Å². The molecule has 0 N–H and O–H groups in total. The molecule has 2 aromatic carbocycles. The molecule has 0 aromatic heterocycles. The topological polar surface area (TPSA) is 3.24 Å². The van der Waals surface area contributed by atoms with Crippen molar-refractivity contribution in [3.8, 4) is 0 Å². The third-order valence-corrected chi connectivity index (χ3v) is 4.69.